The maximum atomic E-state index is 12.9. The smallest absolute Gasteiger partial charge is 0.363 e. The summed E-state index contributed by atoms with van der Waals surface area (Å²) in [6.07, 6.45) is 2.07. The number of nitro groups is 1. The van der Waals surface area contributed by atoms with Crippen molar-refractivity contribution in [3.63, 3.8) is 0 Å². The molecule has 1 aromatic carbocycles. The van der Waals surface area contributed by atoms with Gasteiger partial charge in [-0.3, -0.25) is 0 Å². The Morgan fingerprint density at radius 3 is 2.79 bits per heavy atom. The molecule has 1 N–H and O–H groups in total. The summed E-state index contributed by atoms with van der Waals surface area (Å²) in [4.78, 5) is 13.6. The minimum Gasteiger partial charge on any atom is -0.382 e. The van der Waals surface area contributed by atoms with Crippen molar-refractivity contribution in [1.82, 2.24) is 4.98 Å². The van der Waals surface area contributed by atoms with Crippen molar-refractivity contribution >= 4 is 11.5 Å². The van der Waals surface area contributed by atoms with Crippen LogP contribution in [0.3, 0.4) is 0 Å². The van der Waals surface area contributed by atoms with E-state index < -0.39 is 4.92 Å². The molecule has 0 saturated heterocycles. The van der Waals surface area contributed by atoms with Crippen LogP contribution in [0.15, 0.2) is 42.6 Å². The molecule has 0 aliphatic carbocycles. The van der Waals surface area contributed by atoms with Crippen LogP contribution in [-0.4, -0.2) is 16.5 Å². The van der Waals surface area contributed by atoms with Gasteiger partial charge in [0.1, 0.15) is 5.82 Å². The summed E-state index contributed by atoms with van der Waals surface area (Å²) in [6, 6.07) is 9.32. The molecule has 0 spiro atoms. The van der Waals surface area contributed by atoms with Crippen LogP contribution < -0.4 is 5.32 Å². The van der Waals surface area contributed by atoms with Crippen LogP contribution in [0.2, 0.25) is 0 Å². The molecule has 0 fully saturated rings. The van der Waals surface area contributed by atoms with Crippen molar-refractivity contribution < 1.29 is 9.31 Å². The first-order valence-corrected chi connectivity index (χ1v) is 5.74. The van der Waals surface area contributed by atoms with Crippen LogP contribution >= 0.6 is 0 Å². The summed E-state index contributed by atoms with van der Waals surface area (Å²) in [5.41, 5.74) is 1.59. The molecule has 98 valence electrons. The van der Waals surface area contributed by atoms with Gasteiger partial charge in [0.2, 0.25) is 0 Å². The van der Waals surface area contributed by atoms with E-state index in [1.807, 2.05) is 6.07 Å². The van der Waals surface area contributed by atoms with E-state index in [-0.39, 0.29) is 11.6 Å². The first-order chi connectivity index (χ1) is 9.15. The number of nitrogens with one attached hydrogen (secondary N) is 1. The predicted octanol–water partition coefficient (Wildman–Crippen LogP) is 2.78. The van der Waals surface area contributed by atoms with Gasteiger partial charge >= 0.3 is 5.82 Å². The third-order valence-electron chi connectivity index (χ3n) is 2.57. The molecule has 0 unspecified atom stereocenters. The minimum atomic E-state index is -0.545. The van der Waals surface area contributed by atoms with E-state index >= 15 is 0 Å². The van der Waals surface area contributed by atoms with Crippen molar-refractivity contribution in [2.24, 2.45) is 0 Å². The molecule has 1 aromatic heterocycles. The van der Waals surface area contributed by atoms with E-state index in [1.165, 1.54) is 24.4 Å². The zero-order chi connectivity index (χ0) is 13.7. The molecule has 0 saturated carbocycles. The Bertz CT molecular complexity index is 572. The van der Waals surface area contributed by atoms with Crippen molar-refractivity contribution in [2.75, 3.05) is 11.9 Å². The van der Waals surface area contributed by atoms with Gasteiger partial charge in [0, 0.05) is 12.6 Å². The highest BCUT2D eigenvalue weighted by molar-refractivity contribution is 5.43. The molecule has 0 atom stereocenters. The number of hydrogen-bond donors (Lipinski definition) is 1. The summed E-state index contributed by atoms with van der Waals surface area (Å²) in [7, 11) is 0. The Balaban J connectivity index is 1.87. The molecule has 1 heterocycles. The quantitative estimate of drug-likeness (QED) is 0.663. The molecule has 0 aliphatic heterocycles. The third-order valence-corrected chi connectivity index (χ3v) is 2.57. The molecule has 5 nitrogen and oxygen atoms in total. The van der Waals surface area contributed by atoms with Crippen LogP contribution in [0.1, 0.15) is 5.56 Å². The van der Waals surface area contributed by atoms with Crippen molar-refractivity contribution in [1.29, 1.82) is 0 Å². The number of nitrogens with zero attached hydrogens (tertiary/aromatic N) is 2. The normalized spacial score (nSPS) is 10.2. The number of anilines is 1. The Morgan fingerprint density at radius 1 is 1.32 bits per heavy atom. The van der Waals surface area contributed by atoms with Gasteiger partial charge in [-0.25, -0.2) is 4.39 Å². The Kier molecular flexibility index (Phi) is 4.02. The molecule has 19 heavy (non-hydrogen) atoms. The summed E-state index contributed by atoms with van der Waals surface area (Å²) in [5, 5.41) is 13.5. The molecule has 0 aliphatic rings. The summed E-state index contributed by atoms with van der Waals surface area (Å²) < 4.78 is 12.9. The number of hydrogen-bond acceptors (Lipinski definition) is 4. The first-order valence-electron chi connectivity index (χ1n) is 5.74. The number of rotatable bonds is 5. The average Bonchev–Trinajstić information content (AvgIpc) is 2.39. The molecule has 6 heteroatoms. The van der Waals surface area contributed by atoms with Crippen molar-refractivity contribution in [3.8, 4) is 0 Å². The maximum Gasteiger partial charge on any atom is 0.363 e. The lowest BCUT2D eigenvalue weighted by molar-refractivity contribution is -0.389. The highest BCUT2D eigenvalue weighted by Gasteiger charge is 2.05. The van der Waals surface area contributed by atoms with Crippen LogP contribution in [-0.2, 0) is 6.42 Å². The van der Waals surface area contributed by atoms with Crippen molar-refractivity contribution in [2.45, 2.75) is 6.42 Å². The molecule has 0 bridgehead atoms. The molecular formula is C13H12FN3O2. The molecule has 2 rings (SSSR count). The summed E-state index contributed by atoms with van der Waals surface area (Å²) in [5.74, 6) is -0.440. The summed E-state index contributed by atoms with van der Waals surface area (Å²) in [6.45, 7) is 0.600. The topological polar surface area (TPSA) is 68.1 Å². The zero-order valence-corrected chi connectivity index (χ0v) is 10.0. The van der Waals surface area contributed by atoms with Crippen molar-refractivity contribution in [3.05, 3.63) is 64.1 Å². The largest absolute Gasteiger partial charge is 0.382 e. The molecule has 0 radical (unpaired) electrons. The van der Waals surface area contributed by atoms with Crippen LogP contribution in [0.4, 0.5) is 15.9 Å². The highest BCUT2D eigenvalue weighted by atomic mass is 19.1. The van der Waals surface area contributed by atoms with Gasteiger partial charge in [0.05, 0.1) is 5.69 Å². The fourth-order valence-corrected chi connectivity index (χ4v) is 1.64. The first kappa shape index (κ1) is 12.9. The van der Waals surface area contributed by atoms with Gasteiger partial charge in [0.25, 0.3) is 0 Å². The number of halogens is 1. The second-order valence-corrected chi connectivity index (χ2v) is 3.97. The average molecular weight is 261 g/mol. The van der Waals surface area contributed by atoms with E-state index in [4.69, 9.17) is 0 Å². The predicted molar refractivity (Wildman–Crippen MR) is 69.5 cm³/mol. The second-order valence-electron chi connectivity index (χ2n) is 3.97. The lowest BCUT2D eigenvalue weighted by Crippen LogP contribution is -2.05. The van der Waals surface area contributed by atoms with Crippen LogP contribution in [0, 0.1) is 15.9 Å². The van der Waals surface area contributed by atoms with Gasteiger partial charge < -0.3 is 15.4 Å². The van der Waals surface area contributed by atoms with E-state index in [0.717, 1.165) is 5.56 Å². The standard InChI is InChI=1S/C13H12FN3O2/c14-11-3-1-2-10(8-11)6-7-15-12-4-5-13(16-9-12)17(18)19/h1-5,8-9,15H,6-7H2. The maximum absolute atomic E-state index is 12.9. The SMILES string of the molecule is O=[N+]([O-])c1ccc(NCCc2cccc(F)c2)cn1. The lowest BCUT2D eigenvalue weighted by Gasteiger charge is -2.04. The third kappa shape index (κ3) is 3.74. The monoisotopic (exact) mass is 261 g/mol. The molecular weight excluding hydrogens is 249 g/mol. The number of pyridine rings is 1. The van der Waals surface area contributed by atoms with E-state index in [1.54, 1.807) is 12.1 Å². The van der Waals surface area contributed by atoms with Gasteiger partial charge in [-0.05, 0) is 40.1 Å². The zero-order valence-electron chi connectivity index (χ0n) is 10.0. The second kappa shape index (κ2) is 5.90. The van der Waals surface area contributed by atoms with Gasteiger partial charge in [0.15, 0.2) is 6.20 Å². The minimum absolute atomic E-state index is 0.185. The Morgan fingerprint density at radius 2 is 2.16 bits per heavy atom. The van der Waals surface area contributed by atoms with E-state index in [2.05, 4.69) is 10.3 Å². The molecule has 0 amide bonds. The fraction of sp³-hybridized carbons (Fsp3) is 0.154. The van der Waals surface area contributed by atoms with Gasteiger partial charge in [-0.2, -0.15) is 0 Å². The number of benzene rings is 1. The fourth-order valence-electron chi connectivity index (χ4n) is 1.64. The molecule has 2 aromatic rings. The van der Waals surface area contributed by atoms with Gasteiger partial charge in [-0.1, -0.05) is 12.1 Å². The highest BCUT2D eigenvalue weighted by Crippen LogP contribution is 2.11. The summed E-state index contributed by atoms with van der Waals surface area (Å²) >= 11 is 0. The van der Waals surface area contributed by atoms with Crippen LogP contribution in [0.5, 0.6) is 0 Å². The van der Waals surface area contributed by atoms with E-state index in [0.29, 0.717) is 18.7 Å². The van der Waals surface area contributed by atoms with Gasteiger partial charge in [-0.15, -0.1) is 0 Å². The number of aromatic nitrogens is 1. The van der Waals surface area contributed by atoms with Crippen LogP contribution in [0.25, 0.3) is 0 Å². The Labute approximate surface area is 109 Å². The lowest BCUT2D eigenvalue weighted by atomic mass is 10.1. The Hall–Kier alpha value is -2.50. The van der Waals surface area contributed by atoms with E-state index in [9.17, 15) is 14.5 Å².